The van der Waals surface area contributed by atoms with E-state index in [0.29, 0.717) is 25.9 Å². The van der Waals surface area contributed by atoms with Crippen LogP contribution in [0.2, 0.25) is 0 Å². The largest absolute Gasteiger partial charge is 0.390 e. The van der Waals surface area contributed by atoms with Crippen LogP contribution in [0.15, 0.2) is 42.7 Å². The zero-order chi connectivity index (χ0) is 17.7. The van der Waals surface area contributed by atoms with Crippen molar-refractivity contribution in [2.45, 2.75) is 44.6 Å². The van der Waals surface area contributed by atoms with Gasteiger partial charge in [-0.3, -0.25) is 9.89 Å². The van der Waals surface area contributed by atoms with Crippen LogP contribution in [0.5, 0.6) is 0 Å². The number of likely N-dealkylation sites (tertiary alicyclic amines) is 1. The van der Waals surface area contributed by atoms with Crippen molar-refractivity contribution in [2.75, 3.05) is 13.1 Å². The first kappa shape index (κ1) is 17.7. The van der Waals surface area contributed by atoms with E-state index in [1.165, 1.54) is 5.56 Å². The zero-order valence-corrected chi connectivity index (χ0v) is 14.8. The maximum absolute atomic E-state index is 12.6. The summed E-state index contributed by atoms with van der Waals surface area (Å²) in [5.74, 6) is 0.263. The van der Waals surface area contributed by atoms with E-state index in [4.69, 9.17) is 0 Å². The van der Waals surface area contributed by atoms with Crippen molar-refractivity contribution in [3.63, 3.8) is 0 Å². The van der Waals surface area contributed by atoms with Crippen LogP contribution < -0.4 is 0 Å². The molecule has 0 unspecified atom stereocenters. The molecule has 2 atom stereocenters. The minimum Gasteiger partial charge on any atom is -0.390 e. The van der Waals surface area contributed by atoms with Gasteiger partial charge in [0, 0.05) is 31.6 Å². The molecule has 5 nitrogen and oxygen atoms in total. The summed E-state index contributed by atoms with van der Waals surface area (Å²) in [6.07, 6.45) is 7.35. The maximum Gasteiger partial charge on any atom is 0.222 e. The van der Waals surface area contributed by atoms with Gasteiger partial charge in [0.25, 0.3) is 0 Å². The molecule has 1 fully saturated rings. The van der Waals surface area contributed by atoms with Gasteiger partial charge in [-0.2, -0.15) is 5.10 Å². The molecule has 1 aliphatic rings. The Balaban J connectivity index is 1.54. The number of nitrogens with zero attached hydrogens (tertiary/aromatic N) is 2. The monoisotopic (exact) mass is 341 g/mol. The fourth-order valence-electron chi connectivity index (χ4n) is 3.55. The van der Waals surface area contributed by atoms with Gasteiger partial charge >= 0.3 is 0 Å². The third-order valence-electron chi connectivity index (χ3n) is 5.30. The first-order valence-electron chi connectivity index (χ1n) is 9.06. The molecular weight excluding hydrogens is 314 g/mol. The van der Waals surface area contributed by atoms with Gasteiger partial charge in [0.1, 0.15) is 0 Å². The number of aromatic amines is 1. The molecule has 0 saturated carbocycles. The smallest absolute Gasteiger partial charge is 0.222 e. The van der Waals surface area contributed by atoms with Crippen molar-refractivity contribution in [1.82, 2.24) is 15.1 Å². The van der Waals surface area contributed by atoms with Crippen LogP contribution in [0.1, 0.15) is 37.3 Å². The second kappa shape index (κ2) is 7.83. The lowest BCUT2D eigenvalue weighted by molar-refractivity contribution is -0.138. The van der Waals surface area contributed by atoms with Gasteiger partial charge in [0.05, 0.1) is 11.8 Å². The van der Waals surface area contributed by atoms with Gasteiger partial charge in [-0.1, -0.05) is 30.3 Å². The van der Waals surface area contributed by atoms with E-state index in [-0.39, 0.29) is 11.8 Å². The Kier molecular flexibility index (Phi) is 5.53. The first-order valence-corrected chi connectivity index (χ1v) is 9.06. The molecule has 2 heterocycles. The van der Waals surface area contributed by atoms with Crippen LogP contribution >= 0.6 is 0 Å². The van der Waals surface area contributed by atoms with Crippen molar-refractivity contribution in [3.05, 3.63) is 53.9 Å². The Morgan fingerprint density at radius 1 is 1.36 bits per heavy atom. The molecule has 2 aromatic rings. The second-order valence-corrected chi connectivity index (χ2v) is 7.29. The van der Waals surface area contributed by atoms with Crippen molar-refractivity contribution >= 4 is 5.91 Å². The average Bonchev–Trinajstić information content (AvgIpc) is 3.11. The lowest BCUT2D eigenvalue weighted by Gasteiger charge is -2.43. The standard InChI is InChI=1S/C20H27N3O2/c1-20(25)10-11-23(15-18(20)12-16-6-3-2-4-7-16)19(24)9-5-8-17-13-21-22-14-17/h2-4,6-7,13-14,18,25H,5,8-12,15H2,1H3,(H,21,22)/t18-,20+/m0/s1. The van der Waals surface area contributed by atoms with E-state index in [1.807, 2.05) is 36.2 Å². The van der Waals surface area contributed by atoms with E-state index in [2.05, 4.69) is 22.3 Å². The molecule has 1 aromatic carbocycles. The number of H-pyrrole nitrogens is 1. The molecule has 0 bridgehead atoms. The predicted molar refractivity (Wildman–Crippen MR) is 97.0 cm³/mol. The number of aryl methyl sites for hydroxylation is 1. The number of hydrogen-bond acceptors (Lipinski definition) is 3. The molecule has 0 aliphatic carbocycles. The average molecular weight is 341 g/mol. The minimum absolute atomic E-state index is 0.0708. The van der Waals surface area contributed by atoms with Gasteiger partial charge in [0.2, 0.25) is 5.91 Å². The number of amides is 1. The Labute approximate surface area is 149 Å². The first-order chi connectivity index (χ1) is 12.0. The fraction of sp³-hybridized carbons (Fsp3) is 0.500. The number of carbonyl (C=O) groups is 1. The molecule has 25 heavy (non-hydrogen) atoms. The summed E-state index contributed by atoms with van der Waals surface area (Å²) in [6.45, 7) is 3.18. The topological polar surface area (TPSA) is 69.2 Å². The number of benzene rings is 1. The molecule has 5 heteroatoms. The predicted octanol–water partition coefficient (Wildman–Crippen LogP) is 2.57. The highest BCUT2D eigenvalue weighted by Crippen LogP contribution is 2.31. The molecule has 0 spiro atoms. The van der Waals surface area contributed by atoms with E-state index >= 15 is 0 Å². The molecule has 134 valence electrons. The normalized spacial score (nSPS) is 23.6. The summed E-state index contributed by atoms with van der Waals surface area (Å²) in [7, 11) is 0. The number of rotatable bonds is 6. The fourth-order valence-corrected chi connectivity index (χ4v) is 3.55. The molecular formula is C20H27N3O2. The minimum atomic E-state index is -0.719. The number of carbonyl (C=O) groups excluding carboxylic acids is 1. The summed E-state index contributed by atoms with van der Waals surface area (Å²) in [5, 5.41) is 17.5. The lowest BCUT2D eigenvalue weighted by atomic mass is 9.78. The number of piperidine rings is 1. The Morgan fingerprint density at radius 3 is 2.88 bits per heavy atom. The van der Waals surface area contributed by atoms with Crippen LogP contribution in [-0.4, -0.2) is 44.8 Å². The SMILES string of the molecule is C[C@@]1(O)CCN(C(=O)CCCc2cn[nH]c2)C[C@@H]1Cc1ccccc1. The number of aromatic nitrogens is 2. The van der Waals surface area contributed by atoms with Crippen LogP contribution in [0.4, 0.5) is 0 Å². The van der Waals surface area contributed by atoms with E-state index in [9.17, 15) is 9.90 Å². The van der Waals surface area contributed by atoms with Gasteiger partial charge < -0.3 is 10.0 Å². The van der Waals surface area contributed by atoms with E-state index < -0.39 is 5.60 Å². The summed E-state index contributed by atoms with van der Waals surface area (Å²) >= 11 is 0. The maximum atomic E-state index is 12.6. The van der Waals surface area contributed by atoms with Gasteiger partial charge in [-0.25, -0.2) is 0 Å². The van der Waals surface area contributed by atoms with Crippen LogP contribution in [0, 0.1) is 5.92 Å². The lowest BCUT2D eigenvalue weighted by Crippen LogP contribution is -2.52. The number of nitrogens with one attached hydrogen (secondary N) is 1. The summed E-state index contributed by atoms with van der Waals surface area (Å²) in [5.41, 5.74) is 1.63. The van der Waals surface area contributed by atoms with E-state index in [1.54, 1.807) is 6.20 Å². The van der Waals surface area contributed by atoms with Crippen LogP contribution in [0.3, 0.4) is 0 Å². The van der Waals surface area contributed by atoms with E-state index in [0.717, 1.165) is 24.8 Å². The zero-order valence-electron chi connectivity index (χ0n) is 14.8. The van der Waals surface area contributed by atoms with Gasteiger partial charge in [-0.15, -0.1) is 0 Å². The molecule has 1 aliphatic heterocycles. The highest BCUT2D eigenvalue weighted by molar-refractivity contribution is 5.76. The third-order valence-corrected chi connectivity index (χ3v) is 5.30. The molecule has 2 N–H and O–H groups in total. The van der Waals surface area contributed by atoms with Crippen molar-refractivity contribution < 1.29 is 9.90 Å². The molecule has 3 rings (SSSR count). The second-order valence-electron chi connectivity index (χ2n) is 7.29. The van der Waals surface area contributed by atoms with Crippen molar-refractivity contribution in [1.29, 1.82) is 0 Å². The van der Waals surface area contributed by atoms with Crippen LogP contribution in [0.25, 0.3) is 0 Å². The number of hydrogen-bond donors (Lipinski definition) is 2. The van der Waals surface area contributed by atoms with Crippen molar-refractivity contribution in [2.24, 2.45) is 5.92 Å². The van der Waals surface area contributed by atoms with Gasteiger partial charge in [-0.05, 0) is 43.7 Å². The number of aliphatic hydroxyl groups is 1. The molecule has 0 radical (unpaired) electrons. The Morgan fingerprint density at radius 2 is 2.16 bits per heavy atom. The molecule has 1 saturated heterocycles. The quantitative estimate of drug-likeness (QED) is 0.848. The highest BCUT2D eigenvalue weighted by atomic mass is 16.3. The van der Waals surface area contributed by atoms with Crippen LogP contribution in [-0.2, 0) is 17.6 Å². The Hall–Kier alpha value is -2.14. The summed E-state index contributed by atoms with van der Waals surface area (Å²) < 4.78 is 0. The molecule has 1 aromatic heterocycles. The third kappa shape index (κ3) is 4.69. The highest BCUT2D eigenvalue weighted by Gasteiger charge is 2.38. The molecule has 1 amide bonds. The van der Waals surface area contributed by atoms with Crippen molar-refractivity contribution in [3.8, 4) is 0 Å². The Bertz CT molecular complexity index is 668. The van der Waals surface area contributed by atoms with Gasteiger partial charge in [0.15, 0.2) is 0 Å². The summed E-state index contributed by atoms with van der Waals surface area (Å²) in [6, 6.07) is 10.2. The summed E-state index contributed by atoms with van der Waals surface area (Å²) in [4.78, 5) is 14.5.